The second-order valence-electron chi connectivity index (χ2n) is 4.39. The van der Waals surface area contributed by atoms with Crippen molar-refractivity contribution in [2.45, 2.75) is 39.3 Å². The van der Waals surface area contributed by atoms with Gasteiger partial charge < -0.3 is 10.2 Å². The highest BCUT2D eigenvalue weighted by atomic mass is 16.3. The topological polar surface area (TPSA) is 71.2 Å². The van der Waals surface area contributed by atoms with E-state index in [4.69, 9.17) is 5.11 Å². The average molecular weight is 213 g/mol. The Balaban J connectivity index is 2.64. The lowest BCUT2D eigenvalue weighted by Gasteiger charge is -2.26. The van der Waals surface area contributed by atoms with Gasteiger partial charge >= 0.3 is 0 Å². The van der Waals surface area contributed by atoms with Gasteiger partial charge in [-0.25, -0.2) is 4.68 Å². The third kappa shape index (κ3) is 3.28. The molecule has 0 aromatic carbocycles. The minimum Gasteiger partial charge on any atom is -0.396 e. The number of hydrogen-bond acceptors (Lipinski definition) is 4. The molecule has 0 aliphatic heterocycles. The van der Waals surface area contributed by atoms with Crippen molar-refractivity contribution in [3.63, 3.8) is 0 Å². The van der Waals surface area contributed by atoms with Crippen molar-refractivity contribution in [1.29, 1.82) is 0 Å². The molecule has 0 amide bonds. The van der Waals surface area contributed by atoms with Crippen molar-refractivity contribution in [3.05, 3.63) is 11.9 Å². The Morgan fingerprint density at radius 3 is 2.73 bits per heavy atom. The van der Waals surface area contributed by atoms with Crippen LogP contribution in [-0.2, 0) is 13.0 Å². The standard InChI is InChI=1S/C10H19N3O2/c1-8(2)10(3,15)7-13-6-9(4-5-14)11-12-13/h6,8,14-15H,4-5,7H2,1-3H3. The fourth-order valence-electron chi connectivity index (χ4n) is 1.16. The monoisotopic (exact) mass is 213 g/mol. The zero-order chi connectivity index (χ0) is 11.5. The summed E-state index contributed by atoms with van der Waals surface area (Å²) in [4.78, 5) is 0. The quantitative estimate of drug-likeness (QED) is 0.734. The van der Waals surface area contributed by atoms with Gasteiger partial charge in [0.1, 0.15) is 0 Å². The minimum atomic E-state index is -0.788. The van der Waals surface area contributed by atoms with Crippen LogP contribution < -0.4 is 0 Å². The van der Waals surface area contributed by atoms with Gasteiger partial charge in [-0.2, -0.15) is 0 Å². The molecule has 1 heterocycles. The molecule has 15 heavy (non-hydrogen) atoms. The summed E-state index contributed by atoms with van der Waals surface area (Å²) in [5, 5.41) is 26.6. The molecule has 1 aromatic rings. The SMILES string of the molecule is CC(C)C(C)(O)Cn1cc(CCO)nn1. The molecule has 1 rings (SSSR count). The van der Waals surface area contributed by atoms with Gasteiger partial charge in [-0.1, -0.05) is 19.1 Å². The average Bonchev–Trinajstić information content (AvgIpc) is 2.52. The molecule has 0 aliphatic rings. The highest BCUT2D eigenvalue weighted by Crippen LogP contribution is 2.17. The number of aliphatic hydroxyl groups excluding tert-OH is 1. The van der Waals surface area contributed by atoms with Crippen molar-refractivity contribution < 1.29 is 10.2 Å². The lowest BCUT2D eigenvalue weighted by atomic mass is 9.93. The Kier molecular flexibility index (Phi) is 3.82. The smallest absolute Gasteiger partial charge is 0.0849 e. The van der Waals surface area contributed by atoms with Crippen molar-refractivity contribution in [2.24, 2.45) is 5.92 Å². The van der Waals surface area contributed by atoms with Crippen LogP contribution in [0.3, 0.4) is 0 Å². The fraction of sp³-hybridized carbons (Fsp3) is 0.800. The van der Waals surface area contributed by atoms with E-state index in [1.165, 1.54) is 0 Å². The molecule has 2 N–H and O–H groups in total. The largest absolute Gasteiger partial charge is 0.396 e. The van der Waals surface area contributed by atoms with Crippen molar-refractivity contribution in [1.82, 2.24) is 15.0 Å². The normalized spacial score (nSPS) is 15.6. The summed E-state index contributed by atoms with van der Waals surface area (Å²) in [5.41, 5.74) is -0.0402. The summed E-state index contributed by atoms with van der Waals surface area (Å²) < 4.78 is 1.62. The lowest BCUT2D eigenvalue weighted by molar-refractivity contribution is -0.00611. The highest BCUT2D eigenvalue weighted by molar-refractivity contribution is 4.93. The molecular formula is C10H19N3O2. The second kappa shape index (κ2) is 4.72. The fourth-order valence-corrected chi connectivity index (χ4v) is 1.16. The van der Waals surface area contributed by atoms with Crippen LogP contribution >= 0.6 is 0 Å². The van der Waals surface area contributed by atoms with Gasteiger partial charge in [-0.3, -0.25) is 0 Å². The molecular weight excluding hydrogens is 194 g/mol. The van der Waals surface area contributed by atoms with Crippen LogP contribution in [0.15, 0.2) is 6.20 Å². The Morgan fingerprint density at radius 1 is 1.53 bits per heavy atom. The first-order valence-corrected chi connectivity index (χ1v) is 5.18. The number of rotatable bonds is 5. The molecule has 1 unspecified atom stereocenters. The zero-order valence-corrected chi connectivity index (χ0v) is 9.51. The van der Waals surface area contributed by atoms with Gasteiger partial charge in [-0.05, 0) is 12.8 Å². The maximum Gasteiger partial charge on any atom is 0.0849 e. The molecule has 0 radical (unpaired) electrons. The summed E-state index contributed by atoms with van der Waals surface area (Å²) in [5.74, 6) is 0.156. The molecule has 0 bridgehead atoms. The molecule has 1 aromatic heterocycles. The molecule has 5 heteroatoms. The van der Waals surface area contributed by atoms with Gasteiger partial charge in [-0.15, -0.1) is 5.10 Å². The van der Waals surface area contributed by atoms with Crippen LogP contribution in [0.5, 0.6) is 0 Å². The summed E-state index contributed by atoms with van der Waals surface area (Å²) in [6, 6.07) is 0. The number of nitrogens with zero attached hydrogens (tertiary/aromatic N) is 3. The van der Waals surface area contributed by atoms with E-state index in [2.05, 4.69) is 10.3 Å². The summed E-state index contributed by atoms with van der Waals surface area (Å²) in [6.45, 7) is 6.20. The van der Waals surface area contributed by atoms with Crippen molar-refractivity contribution in [3.8, 4) is 0 Å². The van der Waals surface area contributed by atoms with Crippen molar-refractivity contribution in [2.75, 3.05) is 6.61 Å². The predicted molar refractivity (Wildman–Crippen MR) is 56.3 cm³/mol. The zero-order valence-electron chi connectivity index (χ0n) is 9.51. The second-order valence-corrected chi connectivity index (χ2v) is 4.39. The van der Waals surface area contributed by atoms with Crippen LogP contribution in [-0.4, -0.2) is 37.4 Å². The highest BCUT2D eigenvalue weighted by Gasteiger charge is 2.25. The van der Waals surface area contributed by atoms with Gasteiger partial charge in [0.2, 0.25) is 0 Å². The minimum absolute atomic E-state index is 0.0687. The predicted octanol–water partition coefficient (Wildman–Crippen LogP) is 0.220. The lowest BCUT2D eigenvalue weighted by Crippen LogP contribution is -2.36. The van der Waals surface area contributed by atoms with E-state index in [0.717, 1.165) is 5.69 Å². The van der Waals surface area contributed by atoms with E-state index in [0.29, 0.717) is 13.0 Å². The third-order valence-corrected chi connectivity index (χ3v) is 2.68. The molecule has 0 spiro atoms. The van der Waals surface area contributed by atoms with Crippen LogP contribution in [0.1, 0.15) is 26.5 Å². The Morgan fingerprint density at radius 2 is 2.20 bits per heavy atom. The molecule has 5 nitrogen and oxygen atoms in total. The molecule has 0 saturated carbocycles. The van der Waals surface area contributed by atoms with Gasteiger partial charge in [0.05, 0.1) is 17.8 Å². The maximum atomic E-state index is 10.0. The van der Waals surface area contributed by atoms with Crippen molar-refractivity contribution >= 4 is 0 Å². The van der Waals surface area contributed by atoms with Gasteiger partial charge in [0, 0.05) is 19.2 Å². The van der Waals surface area contributed by atoms with Gasteiger partial charge in [0.25, 0.3) is 0 Å². The Labute approximate surface area is 89.7 Å². The van der Waals surface area contributed by atoms with E-state index in [-0.39, 0.29) is 12.5 Å². The third-order valence-electron chi connectivity index (χ3n) is 2.68. The van der Waals surface area contributed by atoms with Gasteiger partial charge in [0.15, 0.2) is 0 Å². The molecule has 0 fully saturated rings. The van der Waals surface area contributed by atoms with Crippen LogP contribution in [0, 0.1) is 5.92 Å². The van der Waals surface area contributed by atoms with E-state index >= 15 is 0 Å². The summed E-state index contributed by atoms with van der Waals surface area (Å²) in [7, 11) is 0. The van der Waals surface area contributed by atoms with E-state index < -0.39 is 5.60 Å². The number of aromatic nitrogens is 3. The van der Waals surface area contributed by atoms with E-state index in [1.54, 1.807) is 17.8 Å². The van der Waals surface area contributed by atoms with Crippen LogP contribution in [0.4, 0.5) is 0 Å². The first-order chi connectivity index (χ1) is 6.95. The molecule has 86 valence electrons. The summed E-state index contributed by atoms with van der Waals surface area (Å²) in [6.07, 6.45) is 2.26. The van der Waals surface area contributed by atoms with Crippen LogP contribution in [0.25, 0.3) is 0 Å². The Hall–Kier alpha value is -0.940. The maximum absolute atomic E-state index is 10.0. The Bertz CT molecular complexity index is 307. The van der Waals surface area contributed by atoms with E-state index in [1.807, 2.05) is 13.8 Å². The number of hydrogen-bond donors (Lipinski definition) is 2. The first-order valence-electron chi connectivity index (χ1n) is 5.18. The molecule has 1 atom stereocenters. The molecule has 0 aliphatic carbocycles. The van der Waals surface area contributed by atoms with E-state index in [9.17, 15) is 5.11 Å². The van der Waals surface area contributed by atoms with Crippen LogP contribution in [0.2, 0.25) is 0 Å². The number of aliphatic hydroxyl groups is 2. The first kappa shape index (κ1) is 12.1. The summed E-state index contributed by atoms with van der Waals surface area (Å²) >= 11 is 0. The molecule has 0 saturated heterocycles.